The van der Waals surface area contributed by atoms with Gasteiger partial charge in [-0.15, -0.1) is 13.2 Å². The molecule has 0 bridgehead atoms. The lowest BCUT2D eigenvalue weighted by molar-refractivity contribution is -0.274. The zero-order valence-corrected chi connectivity index (χ0v) is 19.2. The zero-order chi connectivity index (χ0) is 27.2. The molecule has 0 amide bonds. The summed E-state index contributed by atoms with van der Waals surface area (Å²) < 4.78 is 87.2. The molecule has 0 atom stereocenters. The third-order valence-electron chi connectivity index (χ3n) is 5.39. The molecule has 0 radical (unpaired) electrons. The van der Waals surface area contributed by atoms with Crippen molar-refractivity contribution in [3.05, 3.63) is 107 Å². The van der Waals surface area contributed by atoms with Crippen molar-refractivity contribution in [3.63, 3.8) is 0 Å². The van der Waals surface area contributed by atoms with Crippen LogP contribution in [0.2, 0.25) is 0 Å². The predicted molar refractivity (Wildman–Crippen MR) is 123 cm³/mol. The summed E-state index contributed by atoms with van der Waals surface area (Å²) in [4.78, 5) is 12.8. The van der Waals surface area contributed by atoms with Crippen LogP contribution in [0.4, 0.5) is 26.3 Å². The maximum atomic E-state index is 15.0. The first-order chi connectivity index (χ1) is 18.0. The van der Waals surface area contributed by atoms with Crippen molar-refractivity contribution in [2.45, 2.75) is 13.3 Å². The van der Waals surface area contributed by atoms with Gasteiger partial charge in [0.1, 0.15) is 11.4 Å². The van der Waals surface area contributed by atoms with Gasteiger partial charge >= 0.3 is 6.36 Å². The van der Waals surface area contributed by atoms with Crippen molar-refractivity contribution >= 4 is 0 Å². The quantitative estimate of drug-likeness (QED) is 0.281. The lowest BCUT2D eigenvalue weighted by atomic mass is 10.2. The summed E-state index contributed by atoms with van der Waals surface area (Å²) in [5.41, 5.74) is 0.0834. The fraction of sp³-hybridized carbons (Fsp3) is 0.0800. The molecule has 5 rings (SSSR count). The highest BCUT2D eigenvalue weighted by atomic mass is 19.4. The summed E-state index contributed by atoms with van der Waals surface area (Å²) in [5.74, 6) is -3.48. The van der Waals surface area contributed by atoms with E-state index < -0.39 is 35.0 Å². The average Bonchev–Trinajstić information content (AvgIpc) is 3.40. The van der Waals surface area contributed by atoms with Gasteiger partial charge in [-0.05, 0) is 37.3 Å². The summed E-state index contributed by atoms with van der Waals surface area (Å²) in [7, 11) is 0. The smallest absolute Gasteiger partial charge is 0.406 e. The fourth-order valence-electron chi connectivity index (χ4n) is 3.79. The lowest BCUT2D eigenvalue weighted by Gasteiger charge is -2.13. The molecule has 3 heterocycles. The largest absolute Gasteiger partial charge is 0.573 e. The number of hydrogen-bond acceptors (Lipinski definition) is 4. The molecular weight excluding hydrogens is 516 g/mol. The molecule has 5 aromatic rings. The Morgan fingerprint density at radius 1 is 0.842 bits per heavy atom. The number of ether oxygens (including phenoxy) is 1. The maximum absolute atomic E-state index is 15.0. The minimum Gasteiger partial charge on any atom is -0.406 e. The molecule has 38 heavy (non-hydrogen) atoms. The van der Waals surface area contributed by atoms with Crippen LogP contribution in [0.15, 0.2) is 78.0 Å². The van der Waals surface area contributed by atoms with Gasteiger partial charge in [-0.2, -0.15) is 10.2 Å². The Hall–Kier alpha value is -4.81. The highest BCUT2D eigenvalue weighted by molar-refractivity contribution is 5.59. The Kier molecular flexibility index (Phi) is 6.05. The van der Waals surface area contributed by atoms with E-state index in [2.05, 4.69) is 14.9 Å². The Balaban J connectivity index is 1.56. The average molecular weight is 531 g/mol. The number of halogens is 6. The monoisotopic (exact) mass is 531 g/mol. The second kappa shape index (κ2) is 9.25. The van der Waals surface area contributed by atoms with Crippen LogP contribution in [0.25, 0.3) is 28.5 Å². The summed E-state index contributed by atoms with van der Waals surface area (Å²) in [6.45, 7) is 1.61. The van der Waals surface area contributed by atoms with Crippen molar-refractivity contribution in [3.8, 4) is 34.2 Å². The number of hydrogen-bond donors (Lipinski definition) is 0. The Labute approximate surface area is 209 Å². The van der Waals surface area contributed by atoms with Crippen LogP contribution < -0.4 is 10.2 Å². The van der Waals surface area contributed by atoms with Crippen LogP contribution in [0.3, 0.4) is 0 Å². The fourth-order valence-corrected chi connectivity index (χ4v) is 3.79. The molecule has 0 aliphatic carbocycles. The van der Waals surface area contributed by atoms with Gasteiger partial charge in [0.05, 0.1) is 17.1 Å². The number of alkyl halides is 3. The second-order valence-corrected chi connectivity index (χ2v) is 8.10. The van der Waals surface area contributed by atoms with E-state index in [4.69, 9.17) is 0 Å². The molecular formula is C25H15F6N5O2. The number of rotatable bonds is 5. The van der Waals surface area contributed by atoms with Crippen molar-refractivity contribution in [2.24, 2.45) is 0 Å². The first-order valence-corrected chi connectivity index (χ1v) is 10.8. The molecule has 0 aliphatic rings. The van der Waals surface area contributed by atoms with E-state index >= 15 is 4.39 Å². The Morgan fingerprint density at radius 3 is 2.26 bits per heavy atom. The normalized spacial score (nSPS) is 11.7. The molecule has 13 heteroatoms. The standard InChI is InChI=1S/C25H15F6N5O2/c1-14-9-22(36(32-14)16-3-2-4-17(10-16)38-25(29,30)31)24-23(37)7-8-35(33-24)21-6-5-15(11-18(21)26)34-12-19(27)20(28)13-34/h2-13H,1H3. The Morgan fingerprint density at radius 2 is 1.58 bits per heavy atom. The maximum Gasteiger partial charge on any atom is 0.573 e. The van der Waals surface area contributed by atoms with Crippen molar-refractivity contribution in [2.75, 3.05) is 0 Å². The van der Waals surface area contributed by atoms with Gasteiger partial charge in [0, 0.05) is 42.5 Å². The third-order valence-corrected chi connectivity index (χ3v) is 5.39. The van der Waals surface area contributed by atoms with Crippen molar-refractivity contribution < 1.29 is 31.1 Å². The van der Waals surface area contributed by atoms with E-state index in [0.717, 1.165) is 45.9 Å². The molecule has 7 nitrogen and oxygen atoms in total. The van der Waals surface area contributed by atoms with Gasteiger partial charge in [-0.3, -0.25) is 4.79 Å². The summed E-state index contributed by atoms with van der Waals surface area (Å²) >= 11 is 0. The predicted octanol–water partition coefficient (Wildman–Crippen LogP) is 5.50. The van der Waals surface area contributed by atoms with Crippen molar-refractivity contribution in [1.82, 2.24) is 24.1 Å². The number of aryl methyl sites for hydroxylation is 1. The lowest BCUT2D eigenvalue weighted by Crippen LogP contribution is -2.17. The van der Waals surface area contributed by atoms with Gasteiger partial charge in [0.15, 0.2) is 23.1 Å². The molecule has 0 N–H and O–H groups in total. The molecule has 0 unspecified atom stereocenters. The van der Waals surface area contributed by atoms with E-state index in [1.807, 2.05) is 0 Å². The zero-order valence-electron chi connectivity index (χ0n) is 19.2. The minimum atomic E-state index is -4.90. The molecule has 3 aromatic heterocycles. The number of nitrogens with zero attached hydrogens (tertiary/aromatic N) is 5. The highest BCUT2D eigenvalue weighted by Gasteiger charge is 2.31. The summed E-state index contributed by atoms with van der Waals surface area (Å²) in [6.07, 6.45) is -1.96. The van der Waals surface area contributed by atoms with Crippen LogP contribution in [0, 0.1) is 24.4 Å². The van der Waals surface area contributed by atoms with Crippen LogP contribution in [-0.4, -0.2) is 30.5 Å². The molecule has 0 aliphatic heterocycles. The van der Waals surface area contributed by atoms with Crippen LogP contribution in [0.1, 0.15) is 5.69 Å². The molecule has 0 saturated carbocycles. The van der Waals surface area contributed by atoms with Crippen LogP contribution in [-0.2, 0) is 0 Å². The third kappa shape index (κ3) is 4.90. The van der Waals surface area contributed by atoms with Gasteiger partial charge in [-0.1, -0.05) is 6.07 Å². The molecule has 0 fully saturated rings. The van der Waals surface area contributed by atoms with E-state index in [-0.39, 0.29) is 28.5 Å². The Bertz CT molecular complexity index is 1700. The van der Waals surface area contributed by atoms with Gasteiger partial charge in [0.2, 0.25) is 5.43 Å². The topological polar surface area (TPSA) is 66.9 Å². The highest BCUT2D eigenvalue weighted by Crippen LogP contribution is 2.27. The minimum absolute atomic E-state index is 0.0774. The summed E-state index contributed by atoms with van der Waals surface area (Å²) in [5, 5.41) is 8.50. The van der Waals surface area contributed by atoms with Gasteiger partial charge in [-0.25, -0.2) is 22.5 Å². The summed E-state index contributed by atoms with van der Waals surface area (Å²) in [6, 6.07) is 11.4. The van der Waals surface area contributed by atoms with Crippen molar-refractivity contribution in [1.29, 1.82) is 0 Å². The molecule has 194 valence electrons. The molecule has 2 aromatic carbocycles. The SMILES string of the molecule is Cc1cc(-c2nn(-c3ccc(-n4cc(F)c(F)c4)cc3F)ccc2=O)n(-c2cccc(OC(F)(F)F)c2)n1. The van der Waals surface area contributed by atoms with E-state index in [9.17, 15) is 26.7 Å². The first kappa shape index (κ1) is 24.9. The second-order valence-electron chi connectivity index (χ2n) is 8.10. The van der Waals surface area contributed by atoms with Crippen LogP contribution in [0.5, 0.6) is 5.75 Å². The van der Waals surface area contributed by atoms with Crippen LogP contribution >= 0.6 is 0 Å². The van der Waals surface area contributed by atoms with Gasteiger partial charge in [0.25, 0.3) is 0 Å². The van der Waals surface area contributed by atoms with E-state index in [1.54, 1.807) is 6.92 Å². The molecule has 0 saturated heterocycles. The number of benzene rings is 2. The van der Waals surface area contributed by atoms with Gasteiger partial charge < -0.3 is 9.30 Å². The number of aromatic nitrogens is 5. The van der Waals surface area contributed by atoms with E-state index in [0.29, 0.717) is 5.69 Å². The first-order valence-electron chi connectivity index (χ1n) is 10.8. The molecule has 0 spiro atoms. The van der Waals surface area contributed by atoms with E-state index in [1.165, 1.54) is 41.2 Å².